The quantitative estimate of drug-likeness (QED) is 0.529. The predicted octanol–water partition coefficient (Wildman–Crippen LogP) is 0.127. The van der Waals surface area contributed by atoms with Gasteiger partial charge in [-0.1, -0.05) is 0 Å². The molecule has 3 heterocycles. The van der Waals surface area contributed by atoms with Crippen LogP contribution in [0.3, 0.4) is 0 Å². The third-order valence-corrected chi connectivity index (χ3v) is 2.81. The van der Waals surface area contributed by atoms with E-state index < -0.39 is 0 Å². The summed E-state index contributed by atoms with van der Waals surface area (Å²) in [5.74, 6) is 1.74. The molecule has 0 fully saturated rings. The molecule has 0 aromatic carbocycles. The van der Waals surface area contributed by atoms with Gasteiger partial charge in [0.05, 0.1) is 0 Å². The number of aromatic nitrogens is 6. The first-order valence-electron chi connectivity index (χ1n) is 5.95. The number of hydrogen-bond acceptors (Lipinski definition) is 5. The molecule has 0 saturated carbocycles. The van der Waals surface area contributed by atoms with Gasteiger partial charge in [0.15, 0.2) is 11.2 Å². The first-order chi connectivity index (χ1) is 9.22. The molecule has 3 aromatic rings. The molecule has 0 aliphatic carbocycles. The fraction of sp³-hybridized carbons (Fsp3) is 0.273. The number of aryl methyl sites for hydroxylation is 2. The van der Waals surface area contributed by atoms with Crippen LogP contribution in [0.2, 0.25) is 0 Å². The molecular formula is C11H13N7O. The van der Waals surface area contributed by atoms with Gasteiger partial charge < -0.3 is 15.7 Å². The van der Waals surface area contributed by atoms with E-state index in [2.05, 4.69) is 29.9 Å². The van der Waals surface area contributed by atoms with Crippen molar-refractivity contribution >= 4 is 17.1 Å². The number of H-pyrrole nitrogens is 3. The van der Waals surface area contributed by atoms with Crippen molar-refractivity contribution < 1.29 is 0 Å². The maximum Gasteiger partial charge on any atom is 0.278 e. The Morgan fingerprint density at radius 1 is 1.16 bits per heavy atom. The van der Waals surface area contributed by atoms with Crippen molar-refractivity contribution in [3.8, 4) is 0 Å². The molecule has 0 atom stereocenters. The molecule has 19 heavy (non-hydrogen) atoms. The average molecular weight is 259 g/mol. The van der Waals surface area contributed by atoms with E-state index >= 15 is 0 Å². The molecule has 0 aliphatic heterocycles. The molecule has 0 unspecified atom stereocenters. The number of nitrogen functional groups attached to an aromatic ring is 1. The van der Waals surface area contributed by atoms with E-state index in [4.69, 9.17) is 5.73 Å². The number of imidazole rings is 2. The molecule has 0 amide bonds. The van der Waals surface area contributed by atoms with Crippen LogP contribution in [0, 0.1) is 0 Å². The van der Waals surface area contributed by atoms with Crippen LogP contribution in [-0.4, -0.2) is 29.9 Å². The Bertz CT molecular complexity index is 740. The van der Waals surface area contributed by atoms with Crippen molar-refractivity contribution in [2.45, 2.75) is 19.3 Å². The fourth-order valence-electron chi connectivity index (χ4n) is 1.95. The highest BCUT2D eigenvalue weighted by Gasteiger charge is 2.08. The lowest BCUT2D eigenvalue weighted by Crippen LogP contribution is -2.10. The summed E-state index contributed by atoms with van der Waals surface area (Å²) in [6.07, 6.45) is 5.94. The van der Waals surface area contributed by atoms with Crippen LogP contribution >= 0.6 is 0 Å². The number of aromatic amines is 3. The molecule has 98 valence electrons. The largest absolute Gasteiger partial charge is 0.369 e. The molecule has 0 bridgehead atoms. The van der Waals surface area contributed by atoms with E-state index in [0.717, 1.165) is 30.9 Å². The van der Waals surface area contributed by atoms with Gasteiger partial charge in [0, 0.05) is 25.2 Å². The van der Waals surface area contributed by atoms with E-state index in [9.17, 15) is 4.79 Å². The zero-order valence-corrected chi connectivity index (χ0v) is 10.1. The van der Waals surface area contributed by atoms with Gasteiger partial charge in [-0.2, -0.15) is 4.98 Å². The van der Waals surface area contributed by atoms with Gasteiger partial charge in [-0.3, -0.25) is 9.78 Å². The molecule has 3 aromatic heterocycles. The zero-order valence-electron chi connectivity index (χ0n) is 10.1. The summed E-state index contributed by atoms with van der Waals surface area (Å²) in [7, 11) is 0. The van der Waals surface area contributed by atoms with E-state index in [1.54, 1.807) is 12.4 Å². The molecule has 0 radical (unpaired) electrons. The van der Waals surface area contributed by atoms with E-state index in [1.165, 1.54) is 0 Å². The standard InChI is InChI=1S/C11H13N7O/c12-11-17-9-8(10(19)18-11)15-7(16-9)3-1-2-6-13-4-5-14-6/h4-5H,1-3H2,(H,13,14)(H4,12,15,16,17,18,19). The van der Waals surface area contributed by atoms with Crippen molar-refractivity contribution in [3.63, 3.8) is 0 Å². The number of anilines is 1. The number of fused-ring (bicyclic) bond motifs is 1. The molecule has 3 rings (SSSR count). The summed E-state index contributed by atoms with van der Waals surface area (Å²) in [5, 5.41) is 0. The van der Waals surface area contributed by atoms with E-state index in [1.807, 2.05) is 0 Å². The van der Waals surface area contributed by atoms with Crippen molar-refractivity contribution in [2.24, 2.45) is 0 Å². The minimum absolute atomic E-state index is 0.0751. The molecule has 0 aliphatic rings. The Balaban J connectivity index is 1.75. The predicted molar refractivity (Wildman–Crippen MR) is 69.5 cm³/mol. The summed E-state index contributed by atoms with van der Waals surface area (Å²) in [4.78, 5) is 32.4. The van der Waals surface area contributed by atoms with Crippen LogP contribution < -0.4 is 11.3 Å². The monoisotopic (exact) mass is 259 g/mol. The number of nitrogens with zero attached hydrogens (tertiary/aromatic N) is 3. The Labute approximate surface area is 107 Å². The number of rotatable bonds is 4. The third kappa shape index (κ3) is 2.32. The van der Waals surface area contributed by atoms with Crippen molar-refractivity contribution in [1.29, 1.82) is 0 Å². The topological polar surface area (TPSA) is 129 Å². The molecule has 8 nitrogen and oxygen atoms in total. The number of hydrogen-bond donors (Lipinski definition) is 4. The Hall–Kier alpha value is -2.64. The second-order valence-corrected chi connectivity index (χ2v) is 4.22. The zero-order chi connectivity index (χ0) is 13.2. The summed E-state index contributed by atoms with van der Waals surface area (Å²) in [6, 6.07) is 0. The Kier molecular flexibility index (Phi) is 2.75. The van der Waals surface area contributed by atoms with Crippen molar-refractivity contribution in [3.05, 3.63) is 34.4 Å². The lowest BCUT2D eigenvalue weighted by Gasteiger charge is -1.95. The van der Waals surface area contributed by atoms with Gasteiger partial charge >= 0.3 is 0 Å². The van der Waals surface area contributed by atoms with E-state index in [0.29, 0.717) is 11.2 Å². The highest BCUT2D eigenvalue weighted by Crippen LogP contribution is 2.07. The minimum Gasteiger partial charge on any atom is -0.369 e. The maximum atomic E-state index is 11.6. The molecule has 8 heteroatoms. The molecule has 0 spiro atoms. The lowest BCUT2D eigenvalue weighted by molar-refractivity contribution is 0.756. The highest BCUT2D eigenvalue weighted by atomic mass is 16.1. The van der Waals surface area contributed by atoms with Gasteiger partial charge in [0.25, 0.3) is 5.56 Å². The molecular weight excluding hydrogens is 246 g/mol. The molecule has 0 saturated heterocycles. The maximum absolute atomic E-state index is 11.6. The molecule has 5 N–H and O–H groups in total. The lowest BCUT2D eigenvalue weighted by atomic mass is 10.2. The summed E-state index contributed by atoms with van der Waals surface area (Å²) >= 11 is 0. The fourth-order valence-corrected chi connectivity index (χ4v) is 1.95. The van der Waals surface area contributed by atoms with Gasteiger partial charge in [-0.15, -0.1) is 0 Å². The minimum atomic E-state index is -0.299. The third-order valence-electron chi connectivity index (χ3n) is 2.81. The summed E-state index contributed by atoms with van der Waals surface area (Å²) in [6.45, 7) is 0. The highest BCUT2D eigenvalue weighted by molar-refractivity contribution is 5.70. The number of nitrogens with two attached hydrogens (primary N) is 1. The summed E-state index contributed by atoms with van der Waals surface area (Å²) < 4.78 is 0. The van der Waals surface area contributed by atoms with Crippen LogP contribution in [0.25, 0.3) is 11.2 Å². The van der Waals surface area contributed by atoms with Crippen LogP contribution in [-0.2, 0) is 12.8 Å². The van der Waals surface area contributed by atoms with Crippen LogP contribution in [0.4, 0.5) is 5.95 Å². The van der Waals surface area contributed by atoms with Crippen molar-refractivity contribution in [1.82, 2.24) is 29.9 Å². The van der Waals surface area contributed by atoms with Crippen LogP contribution in [0.1, 0.15) is 18.1 Å². The van der Waals surface area contributed by atoms with Crippen LogP contribution in [0.5, 0.6) is 0 Å². The van der Waals surface area contributed by atoms with Gasteiger partial charge in [0.2, 0.25) is 5.95 Å². The van der Waals surface area contributed by atoms with Gasteiger partial charge in [-0.05, 0) is 6.42 Å². The second kappa shape index (κ2) is 4.56. The SMILES string of the molecule is Nc1nc2nc(CCCc3ncc[nH]3)[nH]c2c(=O)[nH]1. The smallest absolute Gasteiger partial charge is 0.278 e. The van der Waals surface area contributed by atoms with Gasteiger partial charge in [0.1, 0.15) is 11.6 Å². The van der Waals surface area contributed by atoms with E-state index in [-0.39, 0.29) is 11.5 Å². The first kappa shape index (κ1) is 11.5. The Morgan fingerprint density at radius 2 is 2.00 bits per heavy atom. The van der Waals surface area contributed by atoms with Crippen molar-refractivity contribution in [2.75, 3.05) is 5.73 Å². The number of nitrogens with one attached hydrogen (secondary N) is 3. The average Bonchev–Trinajstić information content (AvgIpc) is 2.98. The van der Waals surface area contributed by atoms with Gasteiger partial charge in [-0.25, -0.2) is 9.97 Å². The first-order valence-corrected chi connectivity index (χ1v) is 5.95. The van der Waals surface area contributed by atoms with Crippen LogP contribution in [0.15, 0.2) is 17.2 Å². The second-order valence-electron chi connectivity index (χ2n) is 4.22. The normalized spacial score (nSPS) is 11.2. The Morgan fingerprint density at radius 3 is 2.79 bits per heavy atom. The summed E-state index contributed by atoms with van der Waals surface area (Å²) in [5.41, 5.74) is 5.89.